The zero-order valence-corrected chi connectivity index (χ0v) is 7.77. The van der Waals surface area contributed by atoms with E-state index in [2.05, 4.69) is 9.05 Å². The van der Waals surface area contributed by atoms with Crippen molar-refractivity contribution in [1.82, 2.24) is 0 Å². The van der Waals surface area contributed by atoms with Crippen LogP contribution in [0.15, 0.2) is 0 Å². The van der Waals surface area contributed by atoms with Gasteiger partial charge in [0.2, 0.25) is 0 Å². The van der Waals surface area contributed by atoms with Gasteiger partial charge in [-0.05, 0) is 6.92 Å². The molecule has 0 rings (SSSR count). The molecule has 0 aromatic heterocycles. The van der Waals surface area contributed by atoms with Crippen molar-refractivity contribution in [1.29, 1.82) is 0 Å². The van der Waals surface area contributed by atoms with E-state index in [-0.39, 0.29) is 6.61 Å². The molecule has 0 bridgehead atoms. The highest BCUT2D eigenvalue weighted by Crippen LogP contribution is 2.43. The third kappa shape index (κ3) is 8.24. The van der Waals surface area contributed by atoms with E-state index >= 15 is 0 Å². The van der Waals surface area contributed by atoms with Gasteiger partial charge in [0, 0.05) is 0 Å². The molecular formula is C5H10F3O4P. The zero-order valence-electron chi connectivity index (χ0n) is 6.87. The van der Waals surface area contributed by atoms with Gasteiger partial charge >= 0.3 is 14.0 Å². The summed E-state index contributed by atoms with van der Waals surface area (Å²) in [4.78, 5) is 8.66. The van der Waals surface area contributed by atoms with Crippen LogP contribution in [0.2, 0.25) is 0 Å². The molecule has 0 saturated carbocycles. The summed E-state index contributed by atoms with van der Waals surface area (Å²) < 4.78 is 53.4. The summed E-state index contributed by atoms with van der Waals surface area (Å²) in [6.45, 7) is 0.451. The van der Waals surface area contributed by atoms with Gasteiger partial charge in [0.15, 0.2) is 0 Å². The molecule has 0 fully saturated rings. The Labute approximate surface area is 73.3 Å². The summed E-state index contributed by atoms with van der Waals surface area (Å²) in [5.41, 5.74) is 0. The molecule has 80 valence electrons. The van der Waals surface area contributed by atoms with Gasteiger partial charge in [-0.2, -0.15) is 13.2 Å². The van der Waals surface area contributed by atoms with E-state index in [9.17, 15) is 17.7 Å². The van der Waals surface area contributed by atoms with E-state index in [1.54, 1.807) is 0 Å². The van der Waals surface area contributed by atoms with Crippen LogP contribution in [0.1, 0.15) is 13.3 Å². The lowest BCUT2D eigenvalue weighted by atomic mass is 10.5. The maximum absolute atomic E-state index is 11.5. The van der Waals surface area contributed by atoms with Crippen molar-refractivity contribution in [3.05, 3.63) is 0 Å². The number of rotatable bonds is 5. The first-order valence-corrected chi connectivity index (χ1v) is 4.95. The zero-order chi connectivity index (χ0) is 10.5. The highest BCUT2D eigenvalue weighted by molar-refractivity contribution is 7.47. The molecule has 0 heterocycles. The molecule has 8 heteroatoms. The molecule has 0 aliphatic heterocycles. The van der Waals surface area contributed by atoms with Crippen molar-refractivity contribution >= 4 is 7.82 Å². The average Bonchev–Trinajstić information content (AvgIpc) is 1.82. The SMILES string of the molecule is CCOP(=O)(O)OCCC(F)(F)F. The average molecular weight is 222 g/mol. The number of phosphoric acid groups is 1. The molecule has 0 spiro atoms. The first-order chi connectivity index (χ1) is 5.77. The van der Waals surface area contributed by atoms with Gasteiger partial charge in [-0.1, -0.05) is 0 Å². The highest BCUT2D eigenvalue weighted by atomic mass is 31.2. The van der Waals surface area contributed by atoms with E-state index in [1.807, 2.05) is 0 Å². The standard InChI is InChI=1S/C5H10F3O4P/c1-2-11-13(9,10)12-4-3-5(6,7)8/h2-4H2,1H3,(H,9,10). The Balaban J connectivity index is 3.70. The molecule has 1 unspecified atom stereocenters. The maximum Gasteiger partial charge on any atom is 0.472 e. The highest BCUT2D eigenvalue weighted by Gasteiger charge is 2.29. The van der Waals surface area contributed by atoms with Crippen molar-refractivity contribution in [2.45, 2.75) is 19.5 Å². The predicted molar refractivity (Wildman–Crippen MR) is 38.1 cm³/mol. The quantitative estimate of drug-likeness (QED) is 0.723. The van der Waals surface area contributed by atoms with Crippen LogP contribution in [-0.2, 0) is 13.6 Å². The summed E-state index contributed by atoms with van der Waals surface area (Å²) in [6.07, 6.45) is -5.67. The summed E-state index contributed by atoms with van der Waals surface area (Å²) in [5, 5.41) is 0. The molecule has 13 heavy (non-hydrogen) atoms. The monoisotopic (exact) mass is 222 g/mol. The van der Waals surface area contributed by atoms with Crippen LogP contribution >= 0.6 is 7.82 Å². The molecule has 1 atom stereocenters. The molecule has 0 saturated heterocycles. The number of alkyl halides is 3. The van der Waals surface area contributed by atoms with Crippen molar-refractivity contribution < 1.29 is 31.7 Å². The van der Waals surface area contributed by atoms with Crippen LogP contribution in [-0.4, -0.2) is 24.3 Å². The van der Waals surface area contributed by atoms with Crippen LogP contribution in [0.3, 0.4) is 0 Å². The molecule has 0 aliphatic rings. The molecule has 0 aliphatic carbocycles. The van der Waals surface area contributed by atoms with E-state index < -0.39 is 27.0 Å². The Morgan fingerprint density at radius 3 is 2.31 bits per heavy atom. The van der Waals surface area contributed by atoms with Crippen molar-refractivity contribution in [2.75, 3.05) is 13.2 Å². The largest absolute Gasteiger partial charge is 0.472 e. The Morgan fingerprint density at radius 2 is 1.92 bits per heavy atom. The van der Waals surface area contributed by atoms with Crippen LogP contribution in [0.25, 0.3) is 0 Å². The minimum atomic E-state index is -4.40. The van der Waals surface area contributed by atoms with Gasteiger partial charge in [0.25, 0.3) is 0 Å². The molecule has 0 amide bonds. The third-order valence-electron chi connectivity index (χ3n) is 0.932. The summed E-state index contributed by atoms with van der Waals surface area (Å²) in [5.74, 6) is 0. The summed E-state index contributed by atoms with van der Waals surface area (Å²) >= 11 is 0. The number of hydrogen-bond acceptors (Lipinski definition) is 3. The second kappa shape index (κ2) is 4.95. The van der Waals surface area contributed by atoms with E-state index in [4.69, 9.17) is 4.89 Å². The normalized spacial score (nSPS) is 17.0. The molecule has 4 nitrogen and oxygen atoms in total. The third-order valence-corrected chi connectivity index (χ3v) is 2.03. The van der Waals surface area contributed by atoms with Gasteiger partial charge in [-0.3, -0.25) is 9.05 Å². The second-order valence-corrected chi connectivity index (χ2v) is 3.54. The fourth-order valence-corrected chi connectivity index (χ4v) is 1.20. The van der Waals surface area contributed by atoms with Crippen LogP contribution in [0.4, 0.5) is 13.2 Å². The van der Waals surface area contributed by atoms with Gasteiger partial charge < -0.3 is 4.89 Å². The Morgan fingerprint density at radius 1 is 1.38 bits per heavy atom. The Bertz CT molecular complexity index is 193. The van der Waals surface area contributed by atoms with Gasteiger partial charge in [-0.15, -0.1) is 0 Å². The van der Waals surface area contributed by atoms with Crippen molar-refractivity contribution in [2.24, 2.45) is 0 Å². The summed E-state index contributed by atoms with van der Waals surface area (Å²) in [7, 11) is -4.28. The minimum absolute atomic E-state index is 0.0974. The second-order valence-electron chi connectivity index (χ2n) is 2.08. The molecule has 0 aromatic rings. The molecule has 1 N–H and O–H groups in total. The minimum Gasteiger partial charge on any atom is -0.302 e. The van der Waals surface area contributed by atoms with Gasteiger partial charge in [0.1, 0.15) is 0 Å². The maximum atomic E-state index is 11.5. The lowest BCUT2D eigenvalue weighted by molar-refractivity contribution is -0.140. The lowest BCUT2D eigenvalue weighted by Crippen LogP contribution is -2.11. The first-order valence-electron chi connectivity index (χ1n) is 3.45. The topological polar surface area (TPSA) is 55.8 Å². The fraction of sp³-hybridized carbons (Fsp3) is 1.00. The van der Waals surface area contributed by atoms with Gasteiger partial charge in [0.05, 0.1) is 19.6 Å². The van der Waals surface area contributed by atoms with E-state index in [0.717, 1.165) is 0 Å². The van der Waals surface area contributed by atoms with E-state index in [0.29, 0.717) is 0 Å². The van der Waals surface area contributed by atoms with Crippen LogP contribution in [0, 0.1) is 0 Å². The van der Waals surface area contributed by atoms with Crippen LogP contribution in [0.5, 0.6) is 0 Å². The molecule has 0 aromatic carbocycles. The van der Waals surface area contributed by atoms with Crippen molar-refractivity contribution in [3.8, 4) is 0 Å². The van der Waals surface area contributed by atoms with E-state index in [1.165, 1.54) is 6.92 Å². The lowest BCUT2D eigenvalue weighted by Gasteiger charge is -2.11. The molecular weight excluding hydrogens is 212 g/mol. The summed E-state index contributed by atoms with van der Waals surface area (Å²) in [6, 6.07) is 0. The van der Waals surface area contributed by atoms with Gasteiger partial charge in [-0.25, -0.2) is 4.57 Å². The van der Waals surface area contributed by atoms with Crippen molar-refractivity contribution in [3.63, 3.8) is 0 Å². The Hall–Kier alpha value is -0.100. The predicted octanol–water partition coefficient (Wildman–Crippen LogP) is 2.09. The number of phosphoric ester groups is 1. The fourth-order valence-electron chi connectivity index (χ4n) is 0.477. The smallest absolute Gasteiger partial charge is 0.302 e. The first kappa shape index (κ1) is 12.9. The number of hydrogen-bond donors (Lipinski definition) is 1. The number of halogens is 3. The Kier molecular flexibility index (Phi) is 4.91. The molecule has 0 radical (unpaired) electrons. The van der Waals surface area contributed by atoms with Crippen LogP contribution < -0.4 is 0 Å².